The summed E-state index contributed by atoms with van der Waals surface area (Å²) in [4.78, 5) is 22.2. The molecule has 0 fully saturated rings. The minimum atomic E-state index is -0.556. The van der Waals surface area contributed by atoms with E-state index in [1.807, 2.05) is 13.8 Å². The molecule has 0 aliphatic rings. The first kappa shape index (κ1) is 17.4. The second-order valence-corrected chi connectivity index (χ2v) is 4.45. The van der Waals surface area contributed by atoms with Gasteiger partial charge < -0.3 is 19.5 Å². The average Bonchev–Trinajstić information content (AvgIpc) is 2.33. The summed E-state index contributed by atoms with van der Waals surface area (Å²) in [5.41, 5.74) is 0.324. The van der Waals surface area contributed by atoms with Gasteiger partial charge in [-0.2, -0.15) is 0 Å². The van der Waals surface area contributed by atoms with Crippen LogP contribution >= 0.6 is 0 Å². The van der Waals surface area contributed by atoms with Gasteiger partial charge >= 0.3 is 12.1 Å². The Bertz CT molecular complexity index is 301. The van der Waals surface area contributed by atoms with Gasteiger partial charge in [-0.15, -0.1) is 0 Å². The summed E-state index contributed by atoms with van der Waals surface area (Å²) in [5.74, 6) is -0.0194. The number of hydrogen-bond acceptors (Lipinski definition) is 5. The lowest BCUT2D eigenvalue weighted by molar-refractivity contribution is -0.138. The lowest BCUT2D eigenvalue weighted by Gasteiger charge is -2.09. The molecule has 0 aromatic carbocycles. The highest BCUT2D eigenvalue weighted by Crippen LogP contribution is 1.92. The van der Waals surface area contributed by atoms with Crippen LogP contribution in [-0.2, 0) is 19.0 Å². The Labute approximate surface area is 114 Å². The maximum absolute atomic E-state index is 11.2. The van der Waals surface area contributed by atoms with Crippen molar-refractivity contribution in [2.24, 2.45) is 5.92 Å². The Morgan fingerprint density at radius 3 is 2.42 bits per heavy atom. The topological polar surface area (TPSA) is 73.9 Å². The van der Waals surface area contributed by atoms with E-state index in [1.54, 1.807) is 6.92 Å². The molecular weight excluding hydrogens is 250 g/mol. The molecule has 0 radical (unpaired) electrons. The van der Waals surface area contributed by atoms with Gasteiger partial charge in [0.05, 0.1) is 13.2 Å². The summed E-state index contributed by atoms with van der Waals surface area (Å²) in [7, 11) is 0. The normalized spacial score (nSPS) is 10.1. The van der Waals surface area contributed by atoms with E-state index >= 15 is 0 Å². The Balaban J connectivity index is 3.40. The first-order valence-electron chi connectivity index (χ1n) is 6.24. The summed E-state index contributed by atoms with van der Waals surface area (Å²) >= 11 is 0. The number of rotatable bonds is 9. The van der Waals surface area contributed by atoms with Crippen molar-refractivity contribution >= 4 is 12.1 Å². The van der Waals surface area contributed by atoms with Crippen LogP contribution in [0, 0.1) is 5.92 Å². The molecule has 1 amide bonds. The van der Waals surface area contributed by atoms with Crippen LogP contribution in [0.1, 0.15) is 20.8 Å². The fourth-order valence-electron chi connectivity index (χ4n) is 0.983. The van der Waals surface area contributed by atoms with E-state index in [2.05, 4.69) is 11.9 Å². The highest BCUT2D eigenvalue weighted by Gasteiger charge is 2.04. The van der Waals surface area contributed by atoms with E-state index in [1.165, 1.54) is 0 Å². The quantitative estimate of drug-likeness (QED) is 0.391. The zero-order valence-electron chi connectivity index (χ0n) is 11.9. The Morgan fingerprint density at radius 2 is 1.84 bits per heavy atom. The molecule has 0 aliphatic carbocycles. The smallest absolute Gasteiger partial charge is 0.407 e. The van der Waals surface area contributed by atoms with E-state index in [4.69, 9.17) is 14.2 Å². The molecule has 0 bridgehead atoms. The predicted octanol–water partition coefficient (Wildman–Crippen LogP) is 1.50. The highest BCUT2D eigenvalue weighted by atomic mass is 16.6. The average molecular weight is 273 g/mol. The van der Waals surface area contributed by atoms with E-state index in [0.29, 0.717) is 24.7 Å². The molecule has 1 N–H and O–H groups in total. The third-order valence-corrected chi connectivity index (χ3v) is 1.87. The maximum Gasteiger partial charge on any atom is 0.407 e. The van der Waals surface area contributed by atoms with Gasteiger partial charge in [-0.05, 0) is 12.8 Å². The molecule has 0 rings (SSSR count). The molecule has 19 heavy (non-hydrogen) atoms. The van der Waals surface area contributed by atoms with Crippen molar-refractivity contribution in [3.63, 3.8) is 0 Å². The SMILES string of the molecule is C=C(C)C(=O)OCCNC(=O)OCCOCC(C)C. The molecule has 6 nitrogen and oxygen atoms in total. The fraction of sp³-hybridized carbons (Fsp3) is 0.692. The van der Waals surface area contributed by atoms with Gasteiger partial charge in [-0.1, -0.05) is 20.4 Å². The van der Waals surface area contributed by atoms with Gasteiger partial charge in [0.15, 0.2) is 0 Å². The van der Waals surface area contributed by atoms with Crippen molar-refractivity contribution < 1.29 is 23.8 Å². The molecule has 0 heterocycles. The molecule has 0 aromatic heterocycles. The summed E-state index contributed by atoms with van der Waals surface area (Å²) in [6.07, 6.45) is -0.556. The van der Waals surface area contributed by atoms with Crippen LogP contribution in [0.2, 0.25) is 0 Å². The van der Waals surface area contributed by atoms with Crippen molar-refractivity contribution in [3.05, 3.63) is 12.2 Å². The van der Waals surface area contributed by atoms with Gasteiger partial charge in [0.25, 0.3) is 0 Å². The molecule has 0 spiro atoms. The zero-order valence-corrected chi connectivity index (χ0v) is 11.9. The number of amides is 1. The standard InChI is InChI=1S/C13H23NO5/c1-10(2)9-17-7-8-19-13(16)14-5-6-18-12(15)11(3)4/h10H,3,5-9H2,1-2,4H3,(H,14,16). The number of hydrogen-bond donors (Lipinski definition) is 1. The lowest BCUT2D eigenvalue weighted by Crippen LogP contribution is -2.29. The zero-order chi connectivity index (χ0) is 14.7. The fourth-order valence-corrected chi connectivity index (χ4v) is 0.983. The lowest BCUT2D eigenvalue weighted by atomic mass is 10.2. The van der Waals surface area contributed by atoms with Crippen LogP contribution < -0.4 is 5.32 Å². The predicted molar refractivity (Wildman–Crippen MR) is 70.8 cm³/mol. The molecule has 0 unspecified atom stereocenters. The molecule has 0 saturated heterocycles. The van der Waals surface area contributed by atoms with Crippen LogP contribution in [-0.4, -0.2) is 45.0 Å². The number of ether oxygens (including phenoxy) is 3. The van der Waals surface area contributed by atoms with Crippen molar-refractivity contribution in [2.75, 3.05) is 33.0 Å². The van der Waals surface area contributed by atoms with Crippen molar-refractivity contribution in [2.45, 2.75) is 20.8 Å². The first-order valence-corrected chi connectivity index (χ1v) is 6.24. The number of alkyl carbamates (subject to hydrolysis) is 1. The molecule has 0 aromatic rings. The van der Waals surface area contributed by atoms with Crippen LogP contribution in [0.5, 0.6) is 0 Å². The molecular formula is C13H23NO5. The second kappa shape index (κ2) is 10.4. The summed E-state index contributed by atoms with van der Waals surface area (Å²) < 4.78 is 14.9. The number of nitrogens with one attached hydrogen (secondary N) is 1. The Hall–Kier alpha value is -1.56. The van der Waals surface area contributed by atoms with Gasteiger partial charge in [0, 0.05) is 12.2 Å². The van der Waals surface area contributed by atoms with E-state index < -0.39 is 12.1 Å². The van der Waals surface area contributed by atoms with Crippen LogP contribution in [0.15, 0.2) is 12.2 Å². The van der Waals surface area contributed by atoms with Crippen molar-refractivity contribution in [3.8, 4) is 0 Å². The van der Waals surface area contributed by atoms with Gasteiger partial charge in [-0.3, -0.25) is 0 Å². The summed E-state index contributed by atoms with van der Waals surface area (Å²) in [6.45, 7) is 10.6. The minimum absolute atomic E-state index is 0.0879. The van der Waals surface area contributed by atoms with E-state index in [9.17, 15) is 9.59 Å². The molecule has 0 aliphatic heterocycles. The largest absolute Gasteiger partial charge is 0.460 e. The third kappa shape index (κ3) is 11.3. The monoisotopic (exact) mass is 273 g/mol. The summed E-state index contributed by atoms with van der Waals surface area (Å²) in [5, 5.41) is 2.45. The van der Waals surface area contributed by atoms with Crippen LogP contribution in [0.25, 0.3) is 0 Å². The van der Waals surface area contributed by atoms with Crippen molar-refractivity contribution in [1.82, 2.24) is 5.32 Å². The highest BCUT2D eigenvalue weighted by molar-refractivity contribution is 5.86. The maximum atomic E-state index is 11.2. The van der Waals surface area contributed by atoms with Gasteiger partial charge in [0.2, 0.25) is 0 Å². The van der Waals surface area contributed by atoms with Crippen molar-refractivity contribution in [1.29, 1.82) is 0 Å². The molecule has 0 atom stereocenters. The first-order chi connectivity index (χ1) is 8.93. The number of carbonyl (C=O) groups is 2. The number of carbonyl (C=O) groups excluding carboxylic acids is 2. The Kier molecular flexibility index (Phi) is 9.52. The van der Waals surface area contributed by atoms with Gasteiger partial charge in [0.1, 0.15) is 13.2 Å². The van der Waals surface area contributed by atoms with Crippen LogP contribution in [0.4, 0.5) is 4.79 Å². The molecule has 0 saturated carbocycles. The minimum Gasteiger partial charge on any atom is -0.460 e. The molecule has 6 heteroatoms. The number of esters is 1. The van der Waals surface area contributed by atoms with Gasteiger partial charge in [-0.25, -0.2) is 9.59 Å². The molecule has 110 valence electrons. The van der Waals surface area contributed by atoms with E-state index in [0.717, 1.165) is 0 Å². The third-order valence-electron chi connectivity index (χ3n) is 1.87. The van der Waals surface area contributed by atoms with Crippen LogP contribution in [0.3, 0.4) is 0 Å². The van der Waals surface area contributed by atoms with E-state index in [-0.39, 0.29) is 19.8 Å². The Morgan fingerprint density at radius 1 is 1.16 bits per heavy atom. The second-order valence-electron chi connectivity index (χ2n) is 4.45. The summed E-state index contributed by atoms with van der Waals surface area (Å²) in [6, 6.07) is 0.